The zero-order valence-electron chi connectivity index (χ0n) is 20.6. The summed E-state index contributed by atoms with van der Waals surface area (Å²) < 4.78 is 4.91. The summed E-state index contributed by atoms with van der Waals surface area (Å²) >= 11 is 0. The van der Waals surface area contributed by atoms with Crippen molar-refractivity contribution in [1.29, 1.82) is 0 Å². The van der Waals surface area contributed by atoms with Crippen molar-refractivity contribution in [2.24, 2.45) is 22.5 Å². The molecule has 4 N–H and O–H groups in total. The van der Waals surface area contributed by atoms with Gasteiger partial charge in [-0.2, -0.15) is 0 Å². The first-order chi connectivity index (χ1) is 13.7. The molecule has 0 saturated carbocycles. The van der Waals surface area contributed by atoms with Crippen LogP contribution < -0.4 is 16.2 Å². The number of anilines is 1. The molecule has 0 aliphatic heterocycles. The molecule has 170 valence electrons. The average molecular weight is 417 g/mol. The summed E-state index contributed by atoms with van der Waals surface area (Å²) in [6.07, 6.45) is 7.64. The quantitative estimate of drug-likeness (QED) is 0.313. The highest BCUT2D eigenvalue weighted by molar-refractivity contribution is 5.59. The van der Waals surface area contributed by atoms with Gasteiger partial charge in [0.05, 0.1) is 7.11 Å². The molecule has 1 unspecified atom stereocenters. The van der Waals surface area contributed by atoms with E-state index in [9.17, 15) is 4.79 Å². The molecule has 1 aromatic carbocycles. The molecule has 0 radical (unpaired) electrons. The first-order valence-corrected chi connectivity index (χ1v) is 10.3. The van der Waals surface area contributed by atoms with E-state index in [0.717, 1.165) is 35.4 Å². The van der Waals surface area contributed by atoms with Crippen molar-refractivity contribution >= 4 is 12.0 Å². The maximum absolute atomic E-state index is 10.9. The number of benzene rings is 1. The number of methoxy groups -OCH3 is 1. The van der Waals surface area contributed by atoms with Crippen molar-refractivity contribution in [3.05, 3.63) is 60.3 Å². The minimum Gasteiger partial charge on any atom is -0.497 e. The predicted octanol–water partition coefficient (Wildman–Crippen LogP) is 6.54. The highest BCUT2D eigenvalue weighted by Gasteiger charge is 2.32. The van der Waals surface area contributed by atoms with Crippen LogP contribution in [-0.4, -0.2) is 13.4 Å². The van der Waals surface area contributed by atoms with Crippen LogP contribution in [0.4, 0.5) is 5.69 Å². The van der Waals surface area contributed by atoms with Crippen molar-refractivity contribution in [2.75, 3.05) is 12.8 Å². The van der Waals surface area contributed by atoms with E-state index in [-0.39, 0.29) is 10.8 Å². The highest BCUT2D eigenvalue weighted by atomic mass is 16.5. The van der Waals surface area contributed by atoms with Gasteiger partial charge in [0, 0.05) is 16.8 Å². The highest BCUT2D eigenvalue weighted by Crippen LogP contribution is 2.37. The molecule has 30 heavy (non-hydrogen) atoms. The number of carbonyl (C=O) groups excluding carboxylic acids is 1. The fraction of sp³-hybridized carbons (Fsp3) is 0.500. The summed E-state index contributed by atoms with van der Waals surface area (Å²) in [5.74, 6) is 1.26. The molecule has 0 aliphatic rings. The van der Waals surface area contributed by atoms with Crippen LogP contribution in [0.1, 0.15) is 61.8 Å². The van der Waals surface area contributed by atoms with Crippen LogP contribution in [0, 0.1) is 16.7 Å². The zero-order chi connectivity index (χ0) is 24.0. The van der Waals surface area contributed by atoms with Crippen LogP contribution in [0.2, 0.25) is 0 Å². The summed E-state index contributed by atoms with van der Waals surface area (Å²) in [4.78, 5) is 10.9. The van der Waals surface area contributed by atoms with Gasteiger partial charge < -0.3 is 21.0 Å². The summed E-state index contributed by atoms with van der Waals surface area (Å²) in [6.45, 7) is 20.3. The number of hydrogen-bond donors (Lipinski definition) is 2. The minimum absolute atomic E-state index is 0.155. The molecule has 1 rings (SSSR count). The second-order valence-electron chi connectivity index (χ2n) is 9.26. The van der Waals surface area contributed by atoms with Crippen molar-refractivity contribution in [1.82, 2.24) is 0 Å². The third-order valence-electron chi connectivity index (χ3n) is 4.51. The monoisotopic (exact) mass is 416 g/mol. The smallest absolute Gasteiger partial charge is 0.126 e. The zero-order valence-corrected chi connectivity index (χ0v) is 20.6. The number of aldehydes is 1. The molecule has 4 heteroatoms. The molecule has 0 aromatic heterocycles. The largest absolute Gasteiger partial charge is 0.497 e. The Hall–Kier alpha value is -2.49. The maximum Gasteiger partial charge on any atom is 0.126 e. The molecular formula is C26H44N2O2. The number of ether oxygens (including phenoxy) is 1. The van der Waals surface area contributed by atoms with E-state index in [4.69, 9.17) is 16.2 Å². The average Bonchev–Trinajstić information content (AvgIpc) is 2.66. The number of nitrogen functional groups attached to an aromatic ring is 1. The lowest BCUT2D eigenvalue weighted by Crippen LogP contribution is -2.30. The third-order valence-corrected chi connectivity index (χ3v) is 4.51. The van der Waals surface area contributed by atoms with Gasteiger partial charge in [0.25, 0.3) is 0 Å². The summed E-state index contributed by atoms with van der Waals surface area (Å²) in [7, 11) is 1.63. The Morgan fingerprint density at radius 3 is 1.90 bits per heavy atom. The summed E-state index contributed by atoms with van der Waals surface area (Å²) in [5, 5.41) is 0. The molecule has 0 saturated heterocycles. The van der Waals surface area contributed by atoms with Crippen molar-refractivity contribution < 1.29 is 9.53 Å². The van der Waals surface area contributed by atoms with E-state index in [1.807, 2.05) is 44.2 Å². The fourth-order valence-corrected chi connectivity index (χ4v) is 2.46. The lowest BCUT2D eigenvalue weighted by Gasteiger charge is -2.34. The predicted molar refractivity (Wildman–Crippen MR) is 132 cm³/mol. The van der Waals surface area contributed by atoms with Gasteiger partial charge in [-0.1, -0.05) is 65.8 Å². The van der Waals surface area contributed by atoms with E-state index in [1.54, 1.807) is 19.2 Å². The van der Waals surface area contributed by atoms with Crippen molar-refractivity contribution in [3.8, 4) is 5.75 Å². The Morgan fingerprint density at radius 1 is 1.13 bits per heavy atom. The number of nitrogens with two attached hydrogens (primary N) is 2. The molecule has 0 fully saturated rings. The van der Waals surface area contributed by atoms with Crippen LogP contribution in [0.25, 0.3) is 0 Å². The Balaban J connectivity index is 0. The van der Waals surface area contributed by atoms with Crippen LogP contribution in [0.15, 0.2) is 60.3 Å². The van der Waals surface area contributed by atoms with E-state index >= 15 is 0 Å². The van der Waals surface area contributed by atoms with Gasteiger partial charge >= 0.3 is 0 Å². The van der Waals surface area contributed by atoms with Crippen molar-refractivity contribution in [3.63, 3.8) is 0 Å². The lowest BCUT2D eigenvalue weighted by atomic mass is 9.70. The first kappa shape index (κ1) is 29.7. The van der Waals surface area contributed by atoms with Crippen LogP contribution >= 0.6 is 0 Å². The van der Waals surface area contributed by atoms with E-state index in [0.29, 0.717) is 5.92 Å². The van der Waals surface area contributed by atoms with Gasteiger partial charge in [0.2, 0.25) is 0 Å². The van der Waals surface area contributed by atoms with E-state index in [2.05, 4.69) is 48.1 Å². The Morgan fingerprint density at radius 2 is 1.63 bits per heavy atom. The molecule has 4 nitrogen and oxygen atoms in total. The van der Waals surface area contributed by atoms with Gasteiger partial charge in [-0.3, -0.25) is 0 Å². The van der Waals surface area contributed by atoms with E-state index in [1.165, 1.54) is 0 Å². The van der Waals surface area contributed by atoms with Gasteiger partial charge in [0.1, 0.15) is 12.0 Å². The lowest BCUT2D eigenvalue weighted by molar-refractivity contribution is -0.119. The minimum atomic E-state index is -0.155. The second-order valence-corrected chi connectivity index (χ2v) is 9.26. The number of carbonyl (C=O) groups is 1. The molecule has 0 heterocycles. The number of hydrogen-bond acceptors (Lipinski definition) is 4. The molecule has 0 bridgehead atoms. The van der Waals surface area contributed by atoms with E-state index < -0.39 is 0 Å². The number of allylic oxidation sites excluding steroid dienone is 4. The van der Waals surface area contributed by atoms with Crippen LogP contribution in [0.5, 0.6) is 5.75 Å². The van der Waals surface area contributed by atoms with Crippen LogP contribution in [0.3, 0.4) is 0 Å². The Bertz CT molecular complexity index is 680. The molecule has 0 amide bonds. The Labute approximate surface area is 185 Å². The van der Waals surface area contributed by atoms with Gasteiger partial charge in [0.15, 0.2) is 0 Å². The normalized spacial score (nSPS) is 13.5. The fourth-order valence-electron chi connectivity index (χ4n) is 2.46. The summed E-state index contributed by atoms with van der Waals surface area (Å²) in [6, 6.07) is 7.27. The SMILES string of the molecule is C=C(C)/C=C\C(N)=C/C.CC(C)C(C)(C=O)CC(C)(C)C.COc1ccc(N)cc1. The molecule has 0 aliphatic carbocycles. The molecular weight excluding hydrogens is 372 g/mol. The number of rotatable bonds is 6. The van der Waals surface area contributed by atoms with Crippen molar-refractivity contribution in [2.45, 2.75) is 61.8 Å². The molecule has 0 spiro atoms. The third kappa shape index (κ3) is 15.4. The maximum atomic E-state index is 10.9. The second kappa shape index (κ2) is 14.5. The Kier molecular flexibility index (Phi) is 14.3. The standard InChI is InChI=1S/C11H22O.C8H13N.C7H9NO/c1-9(2)11(6,8-12)7-10(3,4)5;1-4-8(9)6-5-7(2)3;1-9-7-4-2-6(8)3-5-7/h8-9H,7H2,1-6H3;4-6H,2,9H2,1,3H3;2-5H,8H2,1H3/b;6-5-,8-4+;. The van der Waals surface area contributed by atoms with Gasteiger partial charge in [-0.05, 0) is 61.9 Å². The molecule has 1 aromatic rings. The summed E-state index contributed by atoms with van der Waals surface area (Å²) in [5.41, 5.74) is 13.5. The van der Waals surface area contributed by atoms with Gasteiger partial charge in [-0.25, -0.2) is 0 Å². The molecule has 1 atom stereocenters. The van der Waals surface area contributed by atoms with Gasteiger partial charge in [-0.15, -0.1) is 0 Å². The topological polar surface area (TPSA) is 78.3 Å². The first-order valence-electron chi connectivity index (χ1n) is 10.3. The van der Waals surface area contributed by atoms with Crippen LogP contribution in [-0.2, 0) is 4.79 Å².